The summed E-state index contributed by atoms with van der Waals surface area (Å²) >= 11 is 0. The van der Waals surface area contributed by atoms with Crippen LogP contribution in [0.15, 0.2) is 78.9 Å². The number of carbonyl (C=O) groups is 3. The van der Waals surface area contributed by atoms with Crippen molar-refractivity contribution in [2.45, 2.75) is 18.6 Å². The van der Waals surface area contributed by atoms with E-state index in [-0.39, 0.29) is 17.5 Å². The van der Waals surface area contributed by atoms with Crippen molar-refractivity contribution in [1.29, 1.82) is 0 Å². The Balaban J connectivity index is 1.77. The van der Waals surface area contributed by atoms with Gasteiger partial charge in [0.25, 0.3) is 5.91 Å². The van der Waals surface area contributed by atoms with Crippen LogP contribution in [0, 0.1) is 0 Å². The van der Waals surface area contributed by atoms with Gasteiger partial charge >= 0.3 is 11.9 Å². The molecule has 0 fully saturated rings. The number of aliphatic hydroxyl groups excluding tert-OH is 1. The van der Waals surface area contributed by atoms with Gasteiger partial charge in [-0.2, -0.15) is 0 Å². The number of hydrogen-bond donors (Lipinski definition) is 4. The second kappa shape index (κ2) is 9.69. The number of aliphatic carboxylic acids is 1. The fraction of sp³-hybridized carbons (Fsp3) is 0.125. The number of rotatable bonds is 8. The molecule has 3 aromatic carbocycles. The van der Waals surface area contributed by atoms with Crippen LogP contribution in [-0.2, 0) is 11.2 Å². The SMILES string of the molecule is O=C(O)c1cccc(-c2ccc(C(=O)N[C@H](Cc3ccccc3)[C@@H](O)C(=O)O)cc2)c1. The van der Waals surface area contributed by atoms with E-state index in [4.69, 9.17) is 5.11 Å². The van der Waals surface area contributed by atoms with Gasteiger partial charge in [-0.3, -0.25) is 4.79 Å². The van der Waals surface area contributed by atoms with Crippen LogP contribution >= 0.6 is 0 Å². The maximum atomic E-state index is 12.7. The average Bonchev–Trinajstić information content (AvgIpc) is 2.79. The number of carbonyl (C=O) groups excluding carboxylic acids is 1. The van der Waals surface area contributed by atoms with Gasteiger partial charge in [-0.25, -0.2) is 9.59 Å². The highest BCUT2D eigenvalue weighted by atomic mass is 16.4. The van der Waals surface area contributed by atoms with Crippen LogP contribution in [0.1, 0.15) is 26.3 Å². The van der Waals surface area contributed by atoms with E-state index in [0.29, 0.717) is 5.56 Å². The zero-order chi connectivity index (χ0) is 22.4. The van der Waals surface area contributed by atoms with Crippen molar-refractivity contribution >= 4 is 17.8 Å². The van der Waals surface area contributed by atoms with Crippen LogP contribution in [0.4, 0.5) is 0 Å². The lowest BCUT2D eigenvalue weighted by Gasteiger charge is -2.21. The molecule has 0 aliphatic carbocycles. The Hall–Kier alpha value is -3.97. The maximum absolute atomic E-state index is 12.7. The summed E-state index contributed by atoms with van der Waals surface area (Å²) in [5.41, 5.74) is 2.64. The normalized spacial score (nSPS) is 12.5. The van der Waals surface area contributed by atoms with Crippen molar-refractivity contribution in [3.8, 4) is 11.1 Å². The van der Waals surface area contributed by atoms with E-state index >= 15 is 0 Å². The van der Waals surface area contributed by atoms with Crippen molar-refractivity contribution < 1.29 is 29.7 Å². The molecule has 0 saturated carbocycles. The minimum atomic E-state index is -1.76. The molecule has 2 atom stereocenters. The molecule has 0 unspecified atom stereocenters. The van der Waals surface area contributed by atoms with Gasteiger partial charge in [0.05, 0.1) is 11.6 Å². The highest BCUT2D eigenvalue weighted by Crippen LogP contribution is 2.21. The second-order valence-electron chi connectivity index (χ2n) is 7.02. The first-order chi connectivity index (χ1) is 14.8. The Morgan fingerprint density at radius 3 is 2.06 bits per heavy atom. The molecule has 158 valence electrons. The van der Waals surface area contributed by atoms with Gasteiger partial charge in [-0.1, -0.05) is 54.6 Å². The fourth-order valence-electron chi connectivity index (χ4n) is 3.18. The molecular formula is C24H21NO6. The van der Waals surface area contributed by atoms with E-state index in [1.807, 2.05) is 6.07 Å². The number of nitrogens with one attached hydrogen (secondary N) is 1. The Morgan fingerprint density at radius 2 is 1.45 bits per heavy atom. The van der Waals surface area contributed by atoms with Crippen LogP contribution in [0.3, 0.4) is 0 Å². The molecule has 1 amide bonds. The molecule has 0 heterocycles. The topological polar surface area (TPSA) is 124 Å². The molecule has 7 heteroatoms. The van der Waals surface area contributed by atoms with Gasteiger partial charge in [0.1, 0.15) is 0 Å². The largest absolute Gasteiger partial charge is 0.479 e. The summed E-state index contributed by atoms with van der Waals surface area (Å²) in [5.74, 6) is -2.97. The molecule has 0 aliphatic heterocycles. The van der Waals surface area contributed by atoms with Crippen molar-refractivity contribution in [1.82, 2.24) is 5.32 Å². The third kappa shape index (κ3) is 5.55. The zero-order valence-corrected chi connectivity index (χ0v) is 16.4. The summed E-state index contributed by atoms with van der Waals surface area (Å²) in [6.45, 7) is 0. The number of aromatic carboxylic acids is 1. The van der Waals surface area contributed by atoms with E-state index in [9.17, 15) is 24.6 Å². The molecule has 0 radical (unpaired) electrons. The zero-order valence-electron chi connectivity index (χ0n) is 16.4. The predicted molar refractivity (Wildman–Crippen MR) is 114 cm³/mol. The van der Waals surface area contributed by atoms with Gasteiger partial charge in [-0.05, 0) is 47.4 Å². The third-order valence-corrected chi connectivity index (χ3v) is 4.84. The number of carboxylic acid groups (broad SMARTS) is 2. The van der Waals surface area contributed by atoms with Crippen LogP contribution < -0.4 is 5.32 Å². The second-order valence-corrected chi connectivity index (χ2v) is 7.02. The van der Waals surface area contributed by atoms with Crippen LogP contribution in [0.25, 0.3) is 11.1 Å². The number of carboxylic acids is 2. The Bertz CT molecular complexity index is 1080. The van der Waals surface area contributed by atoms with Crippen LogP contribution in [0.5, 0.6) is 0 Å². The molecule has 3 rings (SSSR count). The summed E-state index contributed by atoms with van der Waals surface area (Å²) in [5, 5.41) is 31.0. The third-order valence-electron chi connectivity index (χ3n) is 4.84. The maximum Gasteiger partial charge on any atom is 0.335 e. The number of hydrogen-bond acceptors (Lipinski definition) is 4. The van der Waals surface area contributed by atoms with Gasteiger partial charge < -0.3 is 20.6 Å². The van der Waals surface area contributed by atoms with E-state index in [1.54, 1.807) is 60.7 Å². The molecule has 0 saturated heterocycles. The molecule has 31 heavy (non-hydrogen) atoms. The van der Waals surface area contributed by atoms with Crippen LogP contribution in [0.2, 0.25) is 0 Å². The first-order valence-corrected chi connectivity index (χ1v) is 9.54. The van der Waals surface area contributed by atoms with Crippen molar-refractivity contribution in [2.24, 2.45) is 0 Å². The molecule has 0 spiro atoms. The first kappa shape index (κ1) is 21.7. The first-order valence-electron chi connectivity index (χ1n) is 9.54. The van der Waals surface area contributed by atoms with Gasteiger partial charge in [0, 0.05) is 5.56 Å². The Labute approximate surface area is 178 Å². The monoisotopic (exact) mass is 419 g/mol. The average molecular weight is 419 g/mol. The summed E-state index contributed by atoms with van der Waals surface area (Å²) < 4.78 is 0. The predicted octanol–water partition coefficient (Wildman–Crippen LogP) is 2.84. The molecule has 0 aliphatic rings. The summed E-state index contributed by atoms with van der Waals surface area (Å²) in [4.78, 5) is 35.1. The fourth-order valence-corrected chi connectivity index (χ4v) is 3.18. The Kier molecular flexibility index (Phi) is 6.79. The van der Waals surface area contributed by atoms with Crippen molar-refractivity contribution in [3.63, 3.8) is 0 Å². The van der Waals surface area contributed by atoms with E-state index in [2.05, 4.69) is 5.32 Å². The van der Waals surface area contributed by atoms with Gasteiger partial charge in [-0.15, -0.1) is 0 Å². The van der Waals surface area contributed by atoms with Gasteiger partial charge in [0.15, 0.2) is 6.10 Å². The highest BCUT2D eigenvalue weighted by molar-refractivity contribution is 5.95. The van der Waals surface area contributed by atoms with E-state index < -0.39 is 30.0 Å². The minimum absolute atomic E-state index is 0.153. The molecule has 0 bridgehead atoms. The molecular weight excluding hydrogens is 398 g/mol. The molecule has 3 aromatic rings. The van der Waals surface area contributed by atoms with Gasteiger partial charge in [0.2, 0.25) is 0 Å². The number of aliphatic hydroxyl groups is 1. The smallest absolute Gasteiger partial charge is 0.335 e. The quantitative estimate of drug-likeness (QED) is 0.445. The summed E-state index contributed by atoms with van der Waals surface area (Å²) in [6, 6.07) is 20.9. The molecule has 7 nitrogen and oxygen atoms in total. The summed E-state index contributed by atoms with van der Waals surface area (Å²) in [7, 11) is 0. The molecule has 4 N–H and O–H groups in total. The lowest BCUT2D eigenvalue weighted by Crippen LogP contribution is -2.48. The van der Waals surface area contributed by atoms with Crippen molar-refractivity contribution in [2.75, 3.05) is 0 Å². The standard InChI is InChI=1S/C24H21NO6/c26-21(24(30)31)20(13-15-5-2-1-3-6-15)25-22(27)17-11-9-16(10-12-17)18-7-4-8-19(14-18)23(28)29/h1-12,14,20-21,26H,13H2,(H,25,27)(H,28,29)(H,30,31)/t20-,21-/m1/s1. The van der Waals surface area contributed by atoms with Crippen LogP contribution in [-0.4, -0.2) is 45.3 Å². The lowest BCUT2D eigenvalue weighted by molar-refractivity contribution is -0.148. The Morgan fingerprint density at radius 1 is 0.774 bits per heavy atom. The highest BCUT2D eigenvalue weighted by Gasteiger charge is 2.27. The number of benzene rings is 3. The van der Waals surface area contributed by atoms with E-state index in [0.717, 1.165) is 11.1 Å². The lowest BCUT2D eigenvalue weighted by atomic mass is 9.99. The summed E-state index contributed by atoms with van der Waals surface area (Å²) in [6.07, 6.45) is -1.61. The molecule has 0 aromatic heterocycles. The number of amides is 1. The van der Waals surface area contributed by atoms with Crippen molar-refractivity contribution in [3.05, 3.63) is 95.6 Å². The minimum Gasteiger partial charge on any atom is -0.479 e. The van der Waals surface area contributed by atoms with E-state index in [1.165, 1.54) is 12.1 Å².